The van der Waals surface area contributed by atoms with Gasteiger partial charge >= 0.3 is 12.1 Å². The first-order chi connectivity index (χ1) is 13.2. The molecule has 1 aromatic heterocycles. The van der Waals surface area contributed by atoms with Crippen molar-refractivity contribution in [2.75, 3.05) is 26.9 Å². The molecule has 10 heteroatoms. The third-order valence-corrected chi connectivity index (χ3v) is 4.78. The minimum Gasteiger partial charge on any atom is -0.468 e. The fourth-order valence-corrected chi connectivity index (χ4v) is 3.24. The highest BCUT2D eigenvalue weighted by Crippen LogP contribution is 2.35. The second-order valence-electron chi connectivity index (χ2n) is 6.54. The Bertz CT molecular complexity index is 896. The summed E-state index contributed by atoms with van der Waals surface area (Å²) in [6.07, 6.45) is -3.24. The third-order valence-electron chi connectivity index (χ3n) is 4.78. The number of methoxy groups -OCH3 is 1. The summed E-state index contributed by atoms with van der Waals surface area (Å²) in [5.41, 5.74) is -2.63. The number of hydrogen-bond acceptors (Lipinski definition) is 4. The van der Waals surface area contributed by atoms with Crippen LogP contribution in [0.4, 0.5) is 17.6 Å². The van der Waals surface area contributed by atoms with Crippen LogP contribution in [0.2, 0.25) is 0 Å². The van der Waals surface area contributed by atoms with E-state index in [0.717, 1.165) is 17.9 Å². The quantitative estimate of drug-likeness (QED) is 0.586. The van der Waals surface area contributed by atoms with E-state index in [1.54, 1.807) is 0 Å². The Morgan fingerprint density at radius 2 is 1.96 bits per heavy atom. The van der Waals surface area contributed by atoms with Gasteiger partial charge in [0.15, 0.2) is 5.69 Å². The SMILES string of the molecule is COC(=O)C1(CF)CCN(C(=O)c2ccn(-c3ccccc3C(F)(F)F)n2)C1. The number of halogens is 4. The first kappa shape index (κ1) is 19.8. The molecule has 1 aromatic carbocycles. The predicted octanol–water partition coefficient (Wildman–Crippen LogP) is 2.87. The van der Waals surface area contributed by atoms with Crippen LogP contribution in [0.1, 0.15) is 22.5 Å². The fraction of sp³-hybridized carbons (Fsp3) is 0.389. The van der Waals surface area contributed by atoms with E-state index >= 15 is 0 Å². The highest BCUT2D eigenvalue weighted by Gasteiger charge is 2.47. The van der Waals surface area contributed by atoms with Gasteiger partial charge in [0.2, 0.25) is 0 Å². The van der Waals surface area contributed by atoms with Crippen molar-refractivity contribution in [1.82, 2.24) is 14.7 Å². The molecule has 2 aromatic rings. The van der Waals surface area contributed by atoms with E-state index in [1.807, 2.05) is 0 Å². The van der Waals surface area contributed by atoms with E-state index < -0.39 is 35.7 Å². The van der Waals surface area contributed by atoms with Crippen LogP contribution in [-0.4, -0.2) is 53.4 Å². The number of nitrogens with zero attached hydrogens (tertiary/aromatic N) is 3. The molecule has 0 saturated carbocycles. The molecule has 1 unspecified atom stereocenters. The standard InChI is InChI=1S/C18H17F4N3O3/c1-28-16(27)17(10-19)7-9-24(11-17)15(26)13-6-8-25(23-13)14-5-3-2-4-12(14)18(20,21)22/h2-6,8H,7,9-11H2,1H3. The maximum absolute atomic E-state index is 13.4. The monoisotopic (exact) mass is 399 g/mol. The van der Waals surface area contributed by atoms with Crippen molar-refractivity contribution in [3.8, 4) is 5.69 Å². The topological polar surface area (TPSA) is 64.4 Å². The molecule has 1 saturated heterocycles. The van der Waals surface area contributed by atoms with Crippen molar-refractivity contribution < 1.29 is 31.9 Å². The van der Waals surface area contributed by atoms with Crippen LogP contribution >= 0.6 is 0 Å². The zero-order chi connectivity index (χ0) is 20.5. The van der Waals surface area contributed by atoms with E-state index in [9.17, 15) is 27.2 Å². The molecule has 0 spiro atoms. The summed E-state index contributed by atoms with van der Waals surface area (Å²) in [4.78, 5) is 25.8. The smallest absolute Gasteiger partial charge is 0.418 e. The average Bonchev–Trinajstić information content (AvgIpc) is 3.34. The number of amides is 1. The van der Waals surface area contributed by atoms with Gasteiger partial charge in [-0.25, -0.2) is 9.07 Å². The number of carbonyl (C=O) groups is 2. The highest BCUT2D eigenvalue weighted by molar-refractivity contribution is 5.93. The lowest BCUT2D eigenvalue weighted by Crippen LogP contribution is -2.39. The van der Waals surface area contributed by atoms with Gasteiger partial charge in [-0.3, -0.25) is 9.59 Å². The first-order valence-corrected chi connectivity index (χ1v) is 8.38. The van der Waals surface area contributed by atoms with Crippen LogP contribution < -0.4 is 0 Å². The van der Waals surface area contributed by atoms with Crippen molar-refractivity contribution >= 4 is 11.9 Å². The molecule has 6 nitrogen and oxygen atoms in total. The predicted molar refractivity (Wildman–Crippen MR) is 89.5 cm³/mol. The summed E-state index contributed by atoms with van der Waals surface area (Å²) < 4.78 is 58.6. The number of rotatable bonds is 4. The maximum Gasteiger partial charge on any atom is 0.418 e. The molecule has 3 rings (SSSR count). The summed E-state index contributed by atoms with van der Waals surface area (Å²) in [5, 5.41) is 3.95. The number of alkyl halides is 4. The largest absolute Gasteiger partial charge is 0.468 e. The van der Waals surface area contributed by atoms with Crippen LogP contribution in [0.5, 0.6) is 0 Å². The van der Waals surface area contributed by atoms with Crippen molar-refractivity contribution in [2.24, 2.45) is 5.41 Å². The molecule has 0 N–H and O–H groups in total. The van der Waals surface area contributed by atoms with Crippen molar-refractivity contribution in [3.05, 3.63) is 47.8 Å². The Morgan fingerprint density at radius 1 is 1.25 bits per heavy atom. The molecule has 1 aliphatic heterocycles. The molecule has 1 amide bonds. The number of esters is 1. The number of carbonyl (C=O) groups excluding carboxylic acids is 2. The number of benzene rings is 1. The van der Waals surface area contributed by atoms with E-state index in [4.69, 9.17) is 0 Å². The fourth-order valence-electron chi connectivity index (χ4n) is 3.24. The molecular weight excluding hydrogens is 382 g/mol. The zero-order valence-electron chi connectivity index (χ0n) is 14.9. The molecule has 1 fully saturated rings. The molecule has 2 heterocycles. The normalized spacial score (nSPS) is 19.7. The second-order valence-corrected chi connectivity index (χ2v) is 6.54. The Morgan fingerprint density at radius 3 is 2.61 bits per heavy atom. The number of para-hydroxylation sites is 1. The Kier molecular flexibility index (Phi) is 5.14. The molecule has 0 radical (unpaired) electrons. The van der Waals surface area contributed by atoms with Crippen molar-refractivity contribution in [2.45, 2.75) is 12.6 Å². The van der Waals surface area contributed by atoms with Gasteiger partial charge in [-0.05, 0) is 24.6 Å². The lowest BCUT2D eigenvalue weighted by Gasteiger charge is -2.22. The van der Waals surface area contributed by atoms with E-state index in [2.05, 4.69) is 9.84 Å². The summed E-state index contributed by atoms with van der Waals surface area (Å²) in [6.45, 7) is -1.04. The molecule has 1 aliphatic rings. The van der Waals surface area contributed by atoms with Gasteiger partial charge in [0.1, 0.15) is 12.1 Å². The summed E-state index contributed by atoms with van der Waals surface area (Å²) in [6, 6.07) is 6.13. The number of likely N-dealkylation sites (tertiary alicyclic amines) is 1. The lowest BCUT2D eigenvalue weighted by molar-refractivity contribution is -0.152. The van der Waals surface area contributed by atoms with Gasteiger partial charge in [0, 0.05) is 19.3 Å². The average molecular weight is 399 g/mol. The van der Waals surface area contributed by atoms with Crippen LogP contribution in [0.25, 0.3) is 5.69 Å². The first-order valence-electron chi connectivity index (χ1n) is 8.38. The van der Waals surface area contributed by atoms with Crippen LogP contribution in [0.3, 0.4) is 0 Å². The van der Waals surface area contributed by atoms with E-state index in [1.165, 1.54) is 35.4 Å². The van der Waals surface area contributed by atoms with Crippen LogP contribution in [0, 0.1) is 5.41 Å². The summed E-state index contributed by atoms with van der Waals surface area (Å²) in [7, 11) is 1.14. The second kappa shape index (κ2) is 7.25. The molecular formula is C18H17F4N3O3. The van der Waals surface area contributed by atoms with Crippen molar-refractivity contribution in [3.63, 3.8) is 0 Å². The molecule has 150 valence electrons. The number of hydrogen-bond donors (Lipinski definition) is 0. The number of aromatic nitrogens is 2. The maximum atomic E-state index is 13.4. The zero-order valence-corrected chi connectivity index (χ0v) is 14.9. The van der Waals surface area contributed by atoms with Crippen LogP contribution in [-0.2, 0) is 15.7 Å². The van der Waals surface area contributed by atoms with Crippen LogP contribution in [0.15, 0.2) is 36.5 Å². The minimum absolute atomic E-state index is 0.0968. The molecule has 0 bridgehead atoms. The molecule has 0 aliphatic carbocycles. The Hall–Kier alpha value is -2.91. The van der Waals surface area contributed by atoms with E-state index in [0.29, 0.717) is 0 Å². The summed E-state index contributed by atoms with van der Waals surface area (Å²) >= 11 is 0. The van der Waals surface area contributed by atoms with Gasteiger partial charge in [0.25, 0.3) is 5.91 Å². The van der Waals surface area contributed by atoms with Gasteiger partial charge in [-0.1, -0.05) is 12.1 Å². The minimum atomic E-state index is -4.58. The van der Waals surface area contributed by atoms with Gasteiger partial charge in [0.05, 0.1) is 18.4 Å². The summed E-state index contributed by atoms with van der Waals surface area (Å²) in [5.74, 6) is -1.34. The van der Waals surface area contributed by atoms with E-state index in [-0.39, 0.29) is 30.9 Å². The van der Waals surface area contributed by atoms with Gasteiger partial charge < -0.3 is 9.64 Å². The Labute approximate surface area is 157 Å². The van der Waals surface area contributed by atoms with Gasteiger partial charge in [-0.15, -0.1) is 0 Å². The van der Waals surface area contributed by atoms with Crippen molar-refractivity contribution in [1.29, 1.82) is 0 Å². The number of ether oxygens (including phenoxy) is 1. The van der Waals surface area contributed by atoms with Gasteiger partial charge in [-0.2, -0.15) is 18.3 Å². The third kappa shape index (κ3) is 3.46. The lowest BCUT2D eigenvalue weighted by atomic mass is 9.89. The highest BCUT2D eigenvalue weighted by atomic mass is 19.4. The Balaban J connectivity index is 1.84. The molecule has 28 heavy (non-hydrogen) atoms. The molecule has 1 atom stereocenters.